The molecule has 1 amide bonds. The first-order valence-electron chi connectivity index (χ1n) is 9.54. The fourth-order valence-corrected chi connectivity index (χ4v) is 3.61. The summed E-state index contributed by atoms with van der Waals surface area (Å²) in [4.78, 5) is 31.8. The van der Waals surface area contributed by atoms with E-state index in [0.717, 1.165) is 24.9 Å². The third-order valence-electron chi connectivity index (χ3n) is 4.41. The van der Waals surface area contributed by atoms with Crippen LogP contribution < -0.4 is 10.9 Å². The van der Waals surface area contributed by atoms with Crippen molar-refractivity contribution in [3.63, 3.8) is 0 Å². The summed E-state index contributed by atoms with van der Waals surface area (Å²) in [6, 6.07) is 9.66. The van der Waals surface area contributed by atoms with Crippen molar-refractivity contribution in [2.24, 2.45) is 0 Å². The van der Waals surface area contributed by atoms with Crippen LogP contribution in [0.3, 0.4) is 0 Å². The highest BCUT2D eigenvalue weighted by molar-refractivity contribution is 7.99. The Kier molecular flexibility index (Phi) is 6.86. The zero-order valence-electron chi connectivity index (χ0n) is 16.1. The number of carbonyl (C=O) groups excluding carboxylic acids is 1. The van der Waals surface area contributed by atoms with Gasteiger partial charge in [0.15, 0.2) is 10.8 Å². The summed E-state index contributed by atoms with van der Waals surface area (Å²) in [5.41, 5.74) is 1.04. The van der Waals surface area contributed by atoms with E-state index in [9.17, 15) is 9.59 Å². The van der Waals surface area contributed by atoms with Crippen molar-refractivity contribution in [1.82, 2.24) is 25.1 Å². The molecule has 0 radical (unpaired) electrons. The molecule has 1 unspecified atom stereocenters. The molecule has 3 aromatic rings. The Hall–Kier alpha value is -2.61. The van der Waals surface area contributed by atoms with Gasteiger partial charge in [-0.25, -0.2) is 9.67 Å². The summed E-state index contributed by atoms with van der Waals surface area (Å²) in [5, 5.41) is 8.10. The van der Waals surface area contributed by atoms with Crippen molar-refractivity contribution in [3.05, 3.63) is 46.9 Å². The molecule has 0 aliphatic heterocycles. The van der Waals surface area contributed by atoms with E-state index in [1.54, 1.807) is 4.68 Å². The van der Waals surface area contributed by atoms with E-state index < -0.39 is 0 Å². The van der Waals surface area contributed by atoms with Gasteiger partial charge in [0.2, 0.25) is 5.91 Å². The van der Waals surface area contributed by atoms with Crippen LogP contribution in [0, 0.1) is 0 Å². The van der Waals surface area contributed by atoms with E-state index in [1.807, 2.05) is 37.3 Å². The molecule has 0 bridgehead atoms. The lowest BCUT2D eigenvalue weighted by atomic mass is 10.1. The molecule has 2 aromatic heterocycles. The number of hydrogen-bond donors (Lipinski definition) is 2. The predicted octanol–water partition coefficient (Wildman–Crippen LogP) is 3.29. The van der Waals surface area contributed by atoms with Gasteiger partial charge in [-0.1, -0.05) is 56.1 Å². The van der Waals surface area contributed by atoms with Crippen molar-refractivity contribution < 1.29 is 4.79 Å². The molecule has 2 heterocycles. The number of amides is 1. The second kappa shape index (κ2) is 9.54. The number of benzene rings is 1. The largest absolute Gasteiger partial charge is 0.353 e. The molecule has 3 rings (SSSR count). The van der Waals surface area contributed by atoms with Gasteiger partial charge in [-0.05, 0) is 25.5 Å². The van der Waals surface area contributed by atoms with Gasteiger partial charge in [-0.3, -0.25) is 9.59 Å². The summed E-state index contributed by atoms with van der Waals surface area (Å²) in [5.74, 6) is 0.139. The maximum atomic E-state index is 12.4. The SMILES string of the molecule is CCCCCC(C)NC(=O)CSc1nc2c(cnn2-c2ccccc2)c(=O)[nH]1. The molecule has 0 aliphatic rings. The molecular formula is C20H25N5O2S. The quantitative estimate of drug-likeness (QED) is 0.327. The summed E-state index contributed by atoms with van der Waals surface area (Å²) < 4.78 is 1.63. The fourth-order valence-electron chi connectivity index (χ4n) is 2.95. The zero-order chi connectivity index (χ0) is 19.9. The average molecular weight is 400 g/mol. The molecule has 7 nitrogen and oxygen atoms in total. The summed E-state index contributed by atoms with van der Waals surface area (Å²) >= 11 is 1.22. The minimum absolute atomic E-state index is 0.0617. The third-order valence-corrected chi connectivity index (χ3v) is 5.28. The van der Waals surface area contributed by atoms with Crippen LogP contribution in [-0.4, -0.2) is 37.5 Å². The lowest BCUT2D eigenvalue weighted by molar-refractivity contribution is -0.119. The van der Waals surface area contributed by atoms with Crippen LogP contribution in [0.1, 0.15) is 39.5 Å². The molecular weight excluding hydrogens is 374 g/mol. The van der Waals surface area contributed by atoms with Crippen molar-refractivity contribution in [3.8, 4) is 5.69 Å². The Morgan fingerprint density at radius 1 is 1.29 bits per heavy atom. The number of fused-ring (bicyclic) bond motifs is 1. The Bertz CT molecular complexity index is 983. The molecule has 2 N–H and O–H groups in total. The maximum Gasteiger partial charge on any atom is 0.262 e. The molecule has 1 aromatic carbocycles. The molecule has 0 aliphatic carbocycles. The smallest absolute Gasteiger partial charge is 0.262 e. The first-order chi connectivity index (χ1) is 13.6. The highest BCUT2D eigenvalue weighted by Gasteiger charge is 2.13. The van der Waals surface area contributed by atoms with Crippen LogP contribution in [0.5, 0.6) is 0 Å². The minimum atomic E-state index is -0.261. The van der Waals surface area contributed by atoms with Crippen LogP contribution in [0.15, 0.2) is 46.5 Å². The molecule has 0 spiro atoms. The van der Waals surface area contributed by atoms with Gasteiger partial charge in [-0.2, -0.15) is 5.10 Å². The molecule has 0 saturated carbocycles. The lowest BCUT2D eigenvalue weighted by Crippen LogP contribution is -2.33. The topological polar surface area (TPSA) is 92.7 Å². The summed E-state index contributed by atoms with van der Waals surface area (Å²) in [6.45, 7) is 4.18. The van der Waals surface area contributed by atoms with E-state index in [4.69, 9.17) is 0 Å². The fraction of sp³-hybridized carbons (Fsp3) is 0.400. The number of nitrogens with zero attached hydrogens (tertiary/aromatic N) is 3. The Morgan fingerprint density at radius 3 is 2.82 bits per heavy atom. The zero-order valence-corrected chi connectivity index (χ0v) is 17.0. The number of carbonyl (C=O) groups is 1. The summed E-state index contributed by atoms with van der Waals surface area (Å²) in [6.07, 6.45) is 5.93. The number of nitrogens with one attached hydrogen (secondary N) is 2. The molecule has 1 atom stereocenters. The first kappa shape index (κ1) is 20.1. The second-order valence-electron chi connectivity index (χ2n) is 6.75. The molecule has 0 saturated heterocycles. The van der Waals surface area contributed by atoms with Gasteiger partial charge in [0.25, 0.3) is 5.56 Å². The van der Waals surface area contributed by atoms with Crippen LogP contribution in [0.2, 0.25) is 0 Å². The third kappa shape index (κ3) is 5.01. The van der Waals surface area contributed by atoms with Crippen LogP contribution in [0.25, 0.3) is 16.7 Å². The number of hydrogen-bond acceptors (Lipinski definition) is 5. The Morgan fingerprint density at radius 2 is 2.07 bits per heavy atom. The number of thioether (sulfide) groups is 1. The number of rotatable bonds is 9. The van der Waals surface area contributed by atoms with Gasteiger partial charge < -0.3 is 10.3 Å². The Balaban J connectivity index is 1.68. The van der Waals surface area contributed by atoms with Crippen molar-refractivity contribution in [2.75, 3.05) is 5.75 Å². The predicted molar refractivity (Wildman–Crippen MR) is 112 cm³/mol. The van der Waals surface area contributed by atoms with E-state index in [0.29, 0.717) is 16.2 Å². The molecule has 0 fully saturated rings. The number of aromatic nitrogens is 4. The van der Waals surface area contributed by atoms with Gasteiger partial charge >= 0.3 is 0 Å². The van der Waals surface area contributed by atoms with E-state index in [2.05, 4.69) is 27.3 Å². The molecule has 28 heavy (non-hydrogen) atoms. The number of H-pyrrole nitrogens is 1. The van der Waals surface area contributed by atoms with Gasteiger partial charge in [-0.15, -0.1) is 0 Å². The average Bonchev–Trinajstić information content (AvgIpc) is 3.12. The Labute approximate surface area is 167 Å². The van der Waals surface area contributed by atoms with Gasteiger partial charge in [0.05, 0.1) is 17.6 Å². The molecule has 148 valence electrons. The molecule has 8 heteroatoms. The number of unbranched alkanes of at least 4 members (excludes halogenated alkanes) is 2. The van der Waals surface area contributed by atoms with Crippen LogP contribution in [0.4, 0.5) is 0 Å². The monoisotopic (exact) mass is 399 g/mol. The minimum Gasteiger partial charge on any atom is -0.353 e. The van der Waals surface area contributed by atoms with E-state index in [-0.39, 0.29) is 23.3 Å². The number of aromatic amines is 1. The highest BCUT2D eigenvalue weighted by Crippen LogP contribution is 2.17. The first-order valence-corrected chi connectivity index (χ1v) is 10.5. The standard InChI is InChI=1S/C20H25N5O2S/c1-3-4-6-9-14(2)22-17(26)13-28-20-23-18-16(19(27)24-20)12-21-25(18)15-10-7-5-8-11-15/h5,7-8,10-12,14H,3-4,6,9,13H2,1-2H3,(H,22,26)(H,23,24,27). The lowest BCUT2D eigenvalue weighted by Gasteiger charge is -2.13. The highest BCUT2D eigenvalue weighted by atomic mass is 32.2. The van der Waals surface area contributed by atoms with Crippen molar-refractivity contribution >= 4 is 28.7 Å². The van der Waals surface area contributed by atoms with Crippen LogP contribution in [-0.2, 0) is 4.79 Å². The van der Waals surface area contributed by atoms with Gasteiger partial charge in [0, 0.05) is 6.04 Å². The normalized spacial score (nSPS) is 12.2. The van der Waals surface area contributed by atoms with Crippen molar-refractivity contribution in [2.45, 2.75) is 50.7 Å². The second-order valence-corrected chi connectivity index (χ2v) is 7.72. The van der Waals surface area contributed by atoms with Crippen molar-refractivity contribution in [1.29, 1.82) is 0 Å². The van der Waals surface area contributed by atoms with E-state index in [1.165, 1.54) is 24.4 Å². The van der Waals surface area contributed by atoms with E-state index >= 15 is 0 Å². The van der Waals surface area contributed by atoms with Crippen LogP contribution >= 0.6 is 11.8 Å². The number of para-hydroxylation sites is 1. The maximum absolute atomic E-state index is 12.4. The summed E-state index contributed by atoms with van der Waals surface area (Å²) in [7, 11) is 0. The van der Waals surface area contributed by atoms with Gasteiger partial charge in [0.1, 0.15) is 5.39 Å².